The molecule has 2 amide bonds. The van der Waals surface area contributed by atoms with Gasteiger partial charge in [0.2, 0.25) is 18.6 Å². The number of hydrogen-bond acceptors (Lipinski definition) is 6. The molecule has 0 saturated carbocycles. The van der Waals surface area contributed by atoms with Crippen molar-refractivity contribution in [2.45, 2.75) is 20.0 Å². The van der Waals surface area contributed by atoms with Crippen LogP contribution in [0.15, 0.2) is 66.7 Å². The Bertz CT molecular complexity index is 1350. The molecule has 1 aliphatic heterocycles. The van der Waals surface area contributed by atoms with Crippen LogP contribution in [0.3, 0.4) is 0 Å². The van der Waals surface area contributed by atoms with Gasteiger partial charge in [-0.25, -0.2) is 4.68 Å². The second kappa shape index (κ2) is 9.22. The Hall–Kier alpha value is -4.40. The number of para-hydroxylation sites is 1. The Kier molecular flexibility index (Phi) is 5.82. The largest absolute Gasteiger partial charge is 0.454 e. The van der Waals surface area contributed by atoms with Crippen molar-refractivity contribution in [2.24, 2.45) is 0 Å². The third kappa shape index (κ3) is 4.68. The number of nitrogens with one attached hydrogen (secondary N) is 1. The molecule has 0 saturated heterocycles. The molecule has 2 heterocycles. The van der Waals surface area contributed by atoms with E-state index >= 15 is 0 Å². The molecule has 4 aromatic rings. The first-order valence-electron chi connectivity index (χ1n) is 10.9. The minimum Gasteiger partial charge on any atom is -0.454 e. The van der Waals surface area contributed by atoms with Gasteiger partial charge in [0.25, 0.3) is 0 Å². The second-order valence-electron chi connectivity index (χ2n) is 8.09. The van der Waals surface area contributed by atoms with Gasteiger partial charge < -0.3 is 19.7 Å². The predicted octanol–water partition coefficient (Wildman–Crippen LogP) is 3.14. The lowest BCUT2D eigenvalue weighted by Crippen LogP contribution is -2.39. The third-order valence-electron chi connectivity index (χ3n) is 5.54. The van der Waals surface area contributed by atoms with E-state index in [4.69, 9.17) is 9.47 Å². The van der Waals surface area contributed by atoms with Crippen LogP contribution < -0.4 is 14.8 Å². The zero-order valence-corrected chi connectivity index (χ0v) is 18.6. The lowest BCUT2D eigenvalue weighted by molar-refractivity contribution is -0.136. The highest BCUT2D eigenvalue weighted by atomic mass is 16.7. The van der Waals surface area contributed by atoms with Crippen molar-refractivity contribution < 1.29 is 19.1 Å². The van der Waals surface area contributed by atoms with Crippen molar-refractivity contribution in [1.82, 2.24) is 19.9 Å². The molecule has 0 fully saturated rings. The Labute approximate surface area is 195 Å². The number of nitrogens with zero attached hydrogens (tertiary/aromatic N) is 4. The van der Waals surface area contributed by atoms with Crippen molar-refractivity contribution >= 4 is 28.5 Å². The van der Waals surface area contributed by atoms with E-state index in [0.29, 0.717) is 29.2 Å². The highest BCUT2D eigenvalue weighted by molar-refractivity contribution is 5.95. The fourth-order valence-corrected chi connectivity index (χ4v) is 3.76. The van der Waals surface area contributed by atoms with Gasteiger partial charge in [0, 0.05) is 18.3 Å². The highest BCUT2D eigenvalue weighted by Crippen LogP contribution is 2.34. The second-order valence-corrected chi connectivity index (χ2v) is 8.09. The molecule has 0 spiro atoms. The van der Waals surface area contributed by atoms with Crippen LogP contribution in [0.4, 0.5) is 5.69 Å². The van der Waals surface area contributed by atoms with Gasteiger partial charge in [-0.1, -0.05) is 47.2 Å². The molecule has 9 nitrogen and oxygen atoms in total. The molecule has 0 radical (unpaired) electrons. The number of aromatic nitrogens is 3. The van der Waals surface area contributed by atoms with Gasteiger partial charge in [-0.05, 0) is 36.8 Å². The van der Waals surface area contributed by atoms with E-state index in [-0.39, 0.29) is 31.7 Å². The summed E-state index contributed by atoms with van der Waals surface area (Å²) in [6.45, 7) is 2.31. The number of hydrogen-bond donors (Lipinski definition) is 1. The Morgan fingerprint density at radius 1 is 1.03 bits per heavy atom. The lowest BCUT2D eigenvalue weighted by Gasteiger charge is -2.22. The first kappa shape index (κ1) is 21.4. The molecule has 0 aliphatic carbocycles. The maximum atomic E-state index is 13.3. The molecule has 172 valence electrons. The Morgan fingerprint density at radius 2 is 1.82 bits per heavy atom. The van der Waals surface area contributed by atoms with E-state index in [9.17, 15) is 9.59 Å². The monoisotopic (exact) mass is 457 g/mol. The first-order valence-corrected chi connectivity index (χ1v) is 10.9. The molecular formula is C25H23N5O4. The third-order valence-corrected chi connectivity index (χ3v) is 5.54. The molecule has 1 aromatic heterocycles. The molecule has 5 rings (SSSR count). The maximum absolute atomic E-state index is 13.3. The van der Waals surface area contributed by atoms with Crippen LogP contribution in [-0.2, 0) is 22.7 Å². The number of carbonyl (C=O) groups is 2. The summed E-state index contributed by atoms with van der Waals surface area (Å²) in [6, 6.07) is 20.5. The van der Waals surface area contributed by atoms with Crippen molar-refractivity contribution in [3.05, 3.63) is 77.9 Å². The van der Waals surface area contributed by atoms with Crippen LogP contribution in [0.5, 0.6) is 11.5 Å². The normalized spacial score (nSPS) is 12.0. The van der Waals surface area contributed by atoms with Gasteiger partial charge in [0.05, 0.1) is 5.52 Å². The topological polar surface area (TPSA) is 98.6 Å². The first-order chi connectivity index (χ1) is 16.5. The van der Waals surface area contributed by atoms with E-state index in [2.05, 4.69) is 15.6 Å². The molecule has 0 atom stereocenters. The maximum Gasteiger partial charge on any atom is 0.245 e. The van der Waals surface area contributed by atoms with Crippen LogP contribution in [-0.4, -0.2) is 45.0 Å². The smallest absolute Gasteiger partial charge is 0.245 e. The number of benzene rings is 3. The molecule has 1 N–H and O–H groups in total. The summed E-state index contributed by atoms with van der Waals surface area (Å²) in [7, 11) is 0. The molecule has 9 heteroatoms. The van der Waals surface area contributed by atoms with Crippen molar-refractivity contribution in [3.8, 4) is 11.5 Å². The number of fused-ring (bicyclic) bond motifs is 2. The van der Waals surface area contributed by atoms with Gasteiger partial charge in [0.1, 0.15) is 18.6 Å². The summed E-state index contributed by atoms with van der Waals surface area (Å²) in [6.07, 6.45) is 0. The van der Waals surface area contributed by atoms with E-state index < -0.39 is 0 Å². The number of rotatable bonds is 7. The number of ether oxygens (including phenoxy) is 2. The number of anilines is 1. The fourth-order valence-electron chi connectivity index (χ4n) is 3.76. The minimum atomic E-state index is -0.317. The van der Waals surface area contributed by atoms with Crippen LogP contribution in [0.2, 0.25) is 0 Å². The van der Waals surface area contributed by atoms with Crippen LogP contribution in [0.25, 0.3) is 11.0 Å². The number of carbonyl (C=O) groups excluding carboxylic acids is 2. The molecular weight excluding hydrogens is 434 g/mol. The highest BCUT2D eigenvalue weighted by Gasteiger charge is 2.21. The molecule has 0 unspecified atom stereocenters. The summed E-state index contributed by atoms with van der Waals surface area (Å²) < 4.78 is 12.2. The van der Waals surface area contributed by atoms with Gasteiger partial charge >= 0.3 is 0 Å². The molecule has 1 aliphatic rings. The van der Waals surface area contributed by atoms with E-state index in [1.165, 1.54) is 4.90 Å². The Balaban J connectivity index is 1.33. The molecule has 0 bridgehead atoms. The summed E-state index contributed by atoms with van der Waals surface area (Å²) >= 11 is 0. The Morgan fingerprint density at radius 3 is 2.68 bits per heavy atom. The summed E-state index contributed by atoms with van der Waals surface area (Å²) in [5.74, 6) is 0.650. The molecule has 3 aromatic carbocycles. The lowest BCUT2D eigenvalue weighted by atomic mass is 10.1. The van der Waals surface area contributed by atoms with Gasteiger partial charge in [-0.15, -0.1) is 5.10 Å². The van der Waals surface area contributed by atoms with E-state index in [1.54, 1.807) is 22.9 Å². The van der Waals surface area contributed by atoms with Crippen molar-refractivity contribution in [3.63, 3.8) is 0 Å². The quantitative estimate of drug-likeness (QED) is 0.458. The van der Waals surface area contributed by atoms with Crippen LogP contribution in [0, 0.1) is 6.92 Å². The fraction of sp³-hybridized carbons (Fsp3) is 0.200. The zero-order chi connectivity index (χ0) is 23.5. The summed E-state index contributed by atoms with van der Waals surface area (Å²) in [5.41, 5.74) is 4.09. The predicted molar refractivity (Wildman–Crippen MR) is 125 cm³/mol. The summed E-state index contributed by atoms with van der Waals surface area (Å²) in [5, 5.41) is 11.1. The minimum absolute atomic E-state index is 0.0241. The van der Waals surface area contributed by atoms with Crippen LogP contribution in [0.1, 0.15) is 11.1 Å². The van der Waals surface area contributed by atoms with Gasteiger partial charge in [-0.3, -0.25) is 9.59 Å². The zero-order valence-electron chi connectivity index (χ0n) is 18.6. The standard InChI is InChI=1S/C25H23N5O4/c1-17-6-8-18(9-7-17)13-29(25(32)15-30-21-5-3-2-4-20(21)27-28-30)14-24(31)26-19-10-11-22-23(12-19)34-16-33-22/h2-12H,13-16H2,1H3,(H,26,31). The van der Waals surface area contributed by atoms with Crippen molar-refractivity contribution in [2.75, 3.05) is 18.7 Å². The average molecular weight is 457 g/mol. The number of amides is 2. The van der Waals surface area contributed by atoms with Crippen LogP contribution >= 0.6 is 0 Å². The van der Waals surface area contributed by atoms with Gasteiger partial charge in [-0.2, -0.15) is 0 Å². The van der Waals surface area contributed by atoms with E-state index in [1.807, 2.05) is 55.5 Å². The molecule has 34 heavy (non-hydrogen) atoms. The van der Waals surface area contributed by atoms with Crippen molar-refractivity contribution in [1.29, 1.82) is 0 Å². The summed E-state index contributed by atoms with van der Waals surface area (Å²) in [4.78, 5) is 27.7. The SMILES string of the molecule is Cc1ccc(CN(CC(=O)Nc2ccc3c(c2)OCO3)C(=O)Cn2nnc3ccccc32)cc1. The van der Waals surface area contributed by atoms with Gasteiger partial charge in [0.15, 0.2) is 11.5 Å². The average Bonchev–Trinajstić information content (AvgIpc) is 3.47. The van der Waals surface area contributed by atoms with E-state index in [0.717, 1.165) is 16.6 Å². The number of aryl methyl sites for hydroxylation is 1.